The number of carbonyl (C=O) groups excluding carboxylic acids is 2. The minimum atomic E-state index is -0.754. The maximum absolute atomic E-state index is 13.8. The van der Waals surface area contributed by atoms with Gasteiger partial charge in [-0.05, 0) is 74.6 Å². The van der Waals surface area contributed by atoms with Crippen LogP contribution in [-0.4, -0.2) is 65.0 Å². The minimum Gasteiger partial charge on any atom is -0.372 e. The van der Waals surface area contributed by atoms with Crippen LogP contribution in [0.15, 0.2) is 60.1 Å². The topological polar surface area (TPSA) is 60.0 Å². The van der Waals surface area contributed by atoms with E-state index in [-0.39, 0.29) is 11.9 Å². The van der Waals surface area contributed by atoms with E-state index in [0.29, 0.717) is 25.1 Å². The van der Waals surface area contributed by atoms with E-state index in [1.165, 1.54) is 29.0 Å². The molecule has 0 bridgehead atoms. The number of amides is 3. The van der Waals surface area contributed by atoms with E-state index in [1.807, 2.05) is 36.6 Å². The van der Waals surface area contributed by atoms with Crippen molar-refractivity contribution in [1.82, 2.24) is 14.8 Å². The Balaban J connectivity index is 1.14. The highest BCUT2D eigenvalue weighted by Gasteiger charge is 2.57. The SMILES string of the molecule is CCN1C(=O)N(c2ccc(-c3nccs3)cc2)C(=O)C12CCN(Cc1ccc(N3CCCC3)cc1)CC2. The second-order valence-electron chi connectivity index (χ2n) is 10.2. The Morgan fingerprint density at radius 3 is 2.19 bits per heavy atom. The lowest BCUT2D eigenvalue weighted by Gasteiger charge is -2.41. The van der Waals surface area contributed by atoms with Crippen molar-refractivity contribution in [2.45, 2.75) is 44.7 Å². The number of anilines is 2. The Morgan fingerprint density at radius 2 is 1.57 bits per heavy atom. The van der Waals surface area contributed by atoms with Gasteiger partial charge in [0, 0.05) is 62.1 Å². The second-order valence-corrected chi connectivity index (χ2v) is 11.1. The number of benzene rings is 2. The van der Waals surface area contributed by atoms with Crippen LogP contribution in [-0.2, 0) is 11.3 Å². The molecule has 0 atom stereocenters. The first-order valence-corrected chi connectivity index (χ1v) is 14.2. The number of rotatable bonds is 6. The molecule has 3 aromatic rings. The molecular weight excluding hydrogens is 482 g/mol. The van der Waals surface area contributed by atoms with Crippen LogP contribution in [0.3, 0.4) is 0 Å². The van der Waals surface area contributed by atoms with Crippen LogP contribution in [0.2, 0.25) is 0 Å². The average molecular weight is 516 g/mol. The number of thiazole rings is 1. The molecule has 3 aliphatic heterocycles. The number of likely N-dealkylation sites (N-methyl/N-ethyl adjacent to an activating group) is 1. The van der Waals surface area contributed by atoms with Gasteiger partial charge >= 0.3 is 6.03 Å². The van der Waals surface area contributed by atoms with E-state index in [0.717, 1.165) is 43.3 Å². The van der Waals surface area contributed by atoms with Crippen LogP contribution in [0, 0.1) is 0 Å². The van der Waals surface area contributed by atoms with Crippen molar-refractivity contribution < 1.29 is 9.59 Å². The van der Waals surface area contributed by atoms with Crippen LogP contribution in [0.5, 0.6) is 0 Å². The molecule has 6 rings (SSSR count). The minimum absolute atomic E-state index is 0.0871. The summed E-state index contributed by atoms with van der Waals surface area (Å²) in [7, 11) is 0. The number of hydrogen-bond donors (Lipinski definition) is 0. The Bertz CT molecular complexity index is 1240. The van der Waals surface area contributed by atoms with Gasteiger partial charge in [-0.25, -0.2) is 14.7 Å². The highest BCUT2D eigenvalue weighted by molar-refractivity contribution is 7.13. The number of nitrogens with zero attached hydrogens (tertiary/aromatic N) is 5. The molecule has 0 radical (unpaired) electrons. The van der Waals surface area contributed by atoms with E-state index in [2.05, 4.69) is 39.0 Å². The van der Waals surface area contributed by atoms with Gasteiger partial charge in [-0.1, -0.05) is 12.1 Å². The Hall–Kier alpha value is -3.23. The molecule has 37 heavy (non-hydrogen) atoms. The zero-order valence-electron chi connectivity index (χ0n) is 21.3. The summed E-state index contributed by atoms with van der Waals surface area (Å²) in [6.45, 7) is 7.25. The number of carbonyl (C=O) groups is 2. The molecule has 0 saturated carbocycles. The molecule has 0 aliphatic carbocycles. The Kier molecular flexibility index (Phi) is 6.46. The van der Waals surface area contributed by atoms with E-state index < -0.39 is 5.54 Å². The first-order chi connectivity index (χ1) is 18.1. The highest BCUT2D eigenvalue weighted by Crippen LogP contribution is 2.40. The molecule has 3 fully saturated rings. The van der Waals surface area contributed by atoms with Crippen molar-refractivity contribution >= 4 is 34.6 Å². The van der Waals surface area contributed by atoms with Gasteiger partial charge in [-0.3, -0.25) is 9.69 Å². The molecule has 0 N–H and O–H groups in total. The third kappa shape index (κ3) is 4.32. The van der Waals surface area contributed by atoms with Crippen molar-refractivity contribution in [2.24, 2.45) is 0 Å². The van der Waals surface area contributed by atoms with Gasteiger partial charge in [0.15, 0.2) is 0 Å². The van der Waals surface area contributed by atoms with E-state index in [4.69, 9.17) is 0 Å². The molecule has 7 nitrogen and oxygen atoms in total. The third-order valence-corrected chi connectivity index (χ3v) is 8.98. The first kappa shape index (κ1) is 24.1. The van der Waals surface area contributed by atoms with Gasteiger partial charge < -0.3 is 9.80 Å². The lowest BCUT2D eigenvalue weighted by atomic mass is 9.85. The zero-order valence-corrected chi connectivity index (χ0v) is 22.1. The maximum Gasteiger partial charge on any atom is 0.332 e. The molecule has 1 aromatic heterocycles. The van der Waals surface area contributed by atoms with E-state index >= 15 is 0 Å². The summed E-state index contributed by atoms with van der Waals surface area (Å²) in [6, 6.07) is 16.3. The molecule has 192 valence electrons. The number of urea groups is 1. The smallest absolute Gasteiger partial charge is 0.332 e. The summed E-state index contributed by atoms with van der Waals surface area (Å²) in [5, 5.41) is 2.87. The van der Waals surface area contributed by atoms with Gasteiger partial charge in [0.25, 0.3) is 5.91 Å². The third-order valence-electron chi connectivity index (χ3n) is 8.16. The van der Waals surface area contributed by atoms with Crippen LogP contribution in [0.4, 0.5) is 16.2 Å². The van der Waals surface area contributed by atoms with Gasteiger partial charge in [-0.2, -0.15) is 0 Å². The molecule has 3 amide bonds. The van der Waals surface area contributed by atoms with Crippen molar-refractivity contribution in [1.29, 1.82) is 0 Å². The Labute approximate surface area is 222 Å². The average Bonchev–Trinajstić information content (AvgIpc) is 3.69. The largest absolute Gasteiger partial charge is 0.372 e. The summed E-state index contributed by atoms with van der Waals surface area (Å²) >= 11 is 1.57. The highest BCUT2D eigenvalue weighted by atomic mass is 32.1. The predicted molar refractivity (Wildman–Crippen MR) is 148 cm³/mol. The quantitative estimate of drug-likeness (QED) is 0.421. The van der Waals surface area contributed by atoms with E-state index in [1.54, 1.807) is 22.4 Å². The summed E-state index contributed by atoms with van der Waals surface area (Å²) < 4.78 is 0. The van der Waals surface area contributed by atoms with Crippen molar-refractivity contribution in [3.8, 4) is 10.6 Å². The molecular formula is C29H33N5O2S. The maximum atomic E-state index is 13.8. The molecule has 2 aromatic carbocycles. The van der Waals surface area contributed by atoms with Crippen LogP contribution >= 0.6 is 11.3 Å². The fourth-order valence-electron chi connectivity index (χ4n) is 6.11. The Morgan fingerprint density at radius 1 is 0.892 bits per heavy atom. The number of hydrogen-bond acceptors (Lipinski definition) is 6. The van der Waals surface area contributed by atoms with Crippen LogP contribution in [0.25, 0.3) is 10.6 Å². The van der Waals surface area contributed by atoms with Crippen molar-refractivity contribution in [3.05, 3.63) is 65.7 Å². The number of imide groups is 1. The number of piperidine rings is 1. The number of aromatic nitrogens is 1. The first-order valence-electron chi connectivity index (χ1n) is 13.3. The van der Waals surface area contributed by atoms with Crippen molar-refractivity contribution in [2.75, 3.05) is 42.5 Å². The summed E-state index contributed by atoms with van der Waals surface area (Å²) in [5.74, 6) is -0.0871. The van der Waals surface area contributed by atoms with E-state index in [9.17, 15) is 9.59 Å². The second kappa shape index (κ2) is 9.91. The molecule has 3 aliphatic rings. The fraction of sp³-hybridized carbons (Fsp3) is 0.414. The standard InChI is InChI=1S/C29H33N5O2S/c1-2-33-28(36)34(25-11-7-23(8-12-25)26-30-15-20-37-26)27(35)29(33)13-18-31(19-14-29)21-22-5-9-24(10-6-22)32-16-3-4-17-32/h5-12,15,20H,2-4,13-14,16-19,21H2,1H3. The lowest BCUT2D eigenvalue weighted by molar-refractivity contribution is -0.127. The fourth-order valence-corrected chi connectivity index (χ4v) is 6.75. The van der Waals surface area contributed by atoms with Crippen molar-refractivity contribution in [3.63, 3.8) is 0 Å². The normalized spacial score (nSPS) is 20.0. The van der Waals surface area contributed by atoms with Crippen LogP contribution < -0.4 is 9.80 Å². The summed E-state index contributed by atoms with van der Waals surface area (Å²) in [6.07, 6.45) is 5.65. The van der Waals surface area contributed by atoms with Gasteiger partial charge in [0.05, 0.1) is 5.69 Å². The van der Waals surface area contributed by atoms with Gasteiger partial charge in [-0.15, -0.1) is 11.3 Å². The molecule has 8 heteroatoms. The molecule has 0 unspecified atom stereocenters. The zero-order chi connectivity index (χ0) is 25.4. The summed E-state index contributed by atoms with van der Waals surface area (Å²) in [4.78, 5) is 39.7. The summed E-state index contributed by atoms with van der Waals surface area (Å²) in [5.41, 5.74) is 3.47. The van der Waals surface area contributed by atoms with Gasteiger partial charge in [0.2, 0.25) is 0 Å². The van der Waals surface area contributed by atoms with Gasteiger partial charge in [0.1, 0.15) is 10.5 Å². The number of likely N-dealkylation sites (tertiary alicyclic amines) is 1. The van der Waals surface area contributed by atoms with Crippen LogP contribution in [0.1, 0.15) is 38.2 Å². The molecule has 3 saturated heterocycles. The lowest BCUT2D eigenvalue weighted by Crippen LogP contribution is -2.56. The molecule has 1 spiro atoms. The predicted octanol–water partition coefficient (Wildman–Crippen LogP) is 5.23. The monoisotopic (exact) mass is 515 g/mol. The molecule has 4 heterocycles.